The molecule has 0 bridgehead atoms. The van der Waals surface area contributed by atoms with Gasteiger partial charge in [0.05, 0.1) is 22.8 Å². The number of alkyl halides is 3. The molecule has 28 heavy (non-hydrogen) atoms. The maximum absolute atomic E-state index is 14.0. The molecule has 2 N–H and O–H groups in total. The van der Waals surface area contributed by atoms with Gasteiger partial charge in [-0.15, -0.1) is 0 Å². The summed E-state index contributed by atoms with van der Waals surface area (Å²) in [6, 6.07) is 8.68. The van der Waals surface area contributed by atoms with Crippen LogP contribution in [0.25, 0.3) is 10.9 Å². The summed E-state index contributed by atoms with van der Waals surface area (Å²) in [7, 11) is -4.21. The van der Waals surface area contributed by atoms with Crippen molar-refractivity contribution in [2.24, 2.45) is 0 Å². The van der Waals surface area contributed by atoms with Gasteiger partial charge in [-0.25, -0.2) is 12.8 Å². The Kier molecular flexibility index (Phi) is 4.91. The molecule has 3 aromatic rings. The molecule has 2 aromatic carbocycles. The number of ether oxygens (including phenoxy) is 1. The number of rotatable bonds is 5. The molecule has 0 aliphatic heterocycles. The molecule has 0 fully saturated rings. The number of aromatic amines is 1. The van der Waals surface area contributed by atoms with Crippen molar-refractivity contribution < 1.29 is 30.7 Å². The Bertz CT molecular complexity index is 1180. The standard InChI is InChI=1S/C17H11F4N3O3S/c18-13-5-10(7-22)1-4-14(13)24-28(25,26)16-8-23-15-6-11(2-3-12(15)16)27-9-17(19,20)21/h1-6,8,23-24H,9H2. The molecule has 0 aliphatic carbocycles. The summed E-state index contributed by atoms with van der Waals surface area (Å²) < 4.78 is 82.5. The lowest BCUT2D eigenvalue weighted by molar-refractivity contribution is -0.153. The fourth-order valence-electron chi connectivity index (χ4n) is 2.42. The number of sulfonamides is 1. The quantitative estimate of drug-likeness (QED) is 0.620. The van der Waals surface area contributed by atoms with Crippen LogP contribution >= 0.6 is 0 Å². The SMILES string of the molecule is N#Cc1ccc(NS(=O)(=O)c2c[nH]c3cc(OCC(F)(F)F)ccc23)c(F)c1. The average molecular weight is 413 g/mol. The Labute approximate surface area is 156 Å². The summed E-state index contributed by atoms with van der Waals surface area (Å²) in [5.41, 5.74) is -0.0993. The van der Waals surface area contributed by atoms with Crippen LogP contribution in [0, 0.1) is 17.1 Å². The molecule has 0 aliphatic rings. The van der Waals surface area contributed by atoms with Gasteiger partial charge in [-0.3, -0.25) is 4.72 Å². The number of hydrogen-bond donors (Lipinski definition) is 2. The Morgan fingerprint density at radius 3 is 2.57 bits per heavy atom. The smallest absolute Gasteiger partial charge is 0.422 e. The van der Waals surface area contributed by atoms with Gasteiger partial charge in [-0.05, 0) is 30.3 Å². The van der Waals surface area contributed by atoms with Crippen LogP contribution in [-0.4, -0.2) is 26.2 Å². The normalized spacial score (nSPS) is 12.0. The molecule has 146 valence electrons. The Morgan fingerprint density at radius 2 is 1.93 bits per heavy atom. The van der Waals surface area contributed by atoms with Crippen molar-refractivity contribution in [3.8, 4) is 11.8 Å². The molecular formula is C17H11F4N3O3S. The van der Waals surface area contributed by atoms with Crippen molar-refractivity contribution in [3.05, 3.63) is 54.0 Å². The summed E-state index contributed by atoms with van der Waals surface area (Å²) in [6.07, 6.45) is -3.38. The van der Waals surface area contributed by atoms with Crippen LogP contribution in [0.1, 0.15) is 5.56 Å². The van der Waals surface area contributed by atoms with Crippen molar-refractivity contribution in [3.63, 3.8) is 0 Å². The molecule has 0 amide bonds. The number of nitrogens with zero attached hydrogens (tertiary/aromatic N) is 1. The number of aromatic nitrogens is 1. The Hall–Kier alpha value is -3.26. The van der Waals surface area contributed by atoms with Gasteiger partial charge >= 0.3 is 6.18 Å². The molecule has 1 heterocycles. The summed E-state index contributed by atoms with van der Waals surface area (Å²) in [6.45, 7) is -1.48. The minimum absolute atomic E-state index is 0.0268. The fourth-order valence-corrected chi connectivity index (χ4v) is 3.67. The highest BCUT2D eigenvalue weighted by Crippen LogP contribution is 2.29. The first-order chi connectivity index (χ1) is 13.1. The third kappa shape index (κ3) is 4.17. The highest BCUT2D eigenvalue weighted by molar-refractivity contribution is 7.93. The third-order valence-corrected chi connectivity index (χ3v) is 5.06. The van der Waals surface area contributed by atoms with Gasteiger partial charge in [-0.2, -0.15) is 18.4 Å². The van der Waals surface area contributed by atoms with E-state index >= 15 is 0 Å². The van der Waals surface area contributed by atoms with E-state index in [0.717, 1.165) is 18.3 Å². The molecule has 11 heteroatoms. The van der Waals surface area contributed by atoms with Crippen LogP contribution in [0.3, 0.4) is 0 Å². The van der Waals surface area contributed by atoms with Gasteiger partial charge in [-0.1, -0.05) is 0 Å². The number of nitriles is 1. The van der Waals surface area contributed by atoms with Gasteiger partial charge in [0.2, 0.25) is 0 Å². The lowest BCUT2D eigenvalue weighted by Crippen LogP contribution is -2.19. The molecule has 0 radical (unpaired) electrons. The second kappa shape index (κ2) is 7.05. The number of H-pyrrole nitrogens is 1. The van der Waals surface area contributed by atoms with E-state index in [1.807, 2.05) is 0 Å². The van der Waals surface area contributed by atoms with Crippen molar-refractivity contribution in [2.45, 2.75) is 11.1 Å². The first-order valence-electron chi connectivity index (χ1n) is 7.62. The Morgan fingerprint density at radius 1 is 1.18 bits per heavy atom. The number of fused-ring (bicyclic) bond motifs is 1. The van der Waals surface area contributed by atoms with Crippen molar-refractivity contribution >= 4 is 26.6 Å². The zero-order valence-electron chi connectivity index (χ0n) is 13.8. The molecule has 0 saturated carbocycles. The van der Waals surface area contributed by atoms with E-state index in [4.69, 9.17) is 5.26 Å². The van der Waals surface area contributed by atoms with E-state index in [2.05, 4.69) is 14.4 Å². The average Bonchev–Trinajstić information content (AvgIpc) is 3.05. The van der Waals surface area contributed by atoms with Crippen molar-refractivity contribution in [1.82, 2.24) is 4.98 Å². The monoisotopic (exact) mass is 413 g/mol. The minimum atomic E-state index is -4.51. The molecule has 0 atom stereocenters. The Balaban J connectivity index is 1.89. The van der Waals surface area contributed by atoms with Crippen LogP contribution in [0.2, 0.25) is 0 Å². The summed E-state index contributed by atoms with van der Waals surface area (Å²) in [4.78, 5) is 2.41. The molecular weight excluding hydrogens is 402 g/mol. The largest absolute Gasteiger partial charge is 0.484 e. The first kappa shape index (κ1) is 19.5. The topological polar surface area (TPSA) is 95.0 Å². The molecule has 3 rings (SSSR count). The molecule has 1 aromatic heterocycles. The van der Waals surface area contributed by atoms with E-state index in [1.165, 1.54) is 24.3 Å². The zero-order chi connectivity index (χ0) is 20.5. The second-order valence-corrected chi connectivity index (χ2v) is 7.33. The van der Waals surface area contributed by atoms with Gasteiger partial charge in [0.1, 0.15) is 16.5 Å². The first-order valence-corrected chi connectivity index (χ1v) is 9.10. The van der Waals surface area contributed by atoms with E-state index < -0.39 is 28.6 Å². The maximum atomic E-state index is 14.0. The van der Waals surface area contributed by atoms with Gasteiger partial charge in [0.15, 0.2) is 6.61 Å². The van der Waals surface area contributed by atoms with Gasteiger partial charge < -0.3 is 9.72 Å². The molecule has 6 nitrogen and oxygen atoms in total. The van der Waals surface area contributed by atoms with Crippen LogP contribution in [0.5, 0.6) is 5.75 Å². The maximum Gasteiger partial charge on any atom is 0.422 e. The lowest BCUT2D eigenvalue weighted by atomic mass is 10.2. The van der Waals surface area contributed by atoms with Gasteiger partial charge in [0.25, 0.3) is 10.0 Å². The lowest BCUT2D eigenvalue weighted by Gasteiger charge is -2.10. The van der Waals surface area contributed by atoms with Crippen LogP contribution < -0.4 is 9.46 Å². The van der Waals surface area contributed by atoms with Crippen LogP contribution in [-0.2, 0) is 10.0 Å². The van der Waals surface area contributed by atoms with Crippen molar-refractivity contribution in [1.29, 1.82) is 5.26 Å². The van der Waals surface area contributed by atoms with Gasteiger partial charge in [0, 0.05) is 17.6 Å². The predicted molar refractivity (Wildman–Crippen MR) is 91.8 cm³/mol. The van der Waals surface area contributed by atoms with Crippen LogP contribution in [0.4, 0.5) is 23.2 Å². The predicted octanol–water partition coefficient (Wildman–Crippen LogP) is 3.92. The molecule has 0 saturated heterocycles. The molecule has 0 spiro atoms. The summed E-state index contributed by atoms with van der Waals surface area (Å²) >= 11 is 0. The number of hydrogen-bond acceptors (Lipinski definition) is 4. The fraction of sp³-hybridized carbons (Fsp3) is 0.118. The third-order valence-electron chi connectivity index (χ3n) is 3.65. The van der Waals surface area contributed by atoms with Crippen LogP contribution in [0.15, 0.2) is 47.5 Å². The van der Waals surface area contributed by atoms with E-state index in [-0.39, 0.29) is 32.8 Å². The molecule has 0 unspecified atom stereocenters. The number of benzene rings is 2. The van der Waals surface area contributed by atoms with Crippen molar-refractivity contribution in [2.75, 3.05) is 11.3 Å². The minimum Gasteiger partial charge on any atom is -0.484 e. The number of anilines is 1. The second-order valence-electron chi connectivity index (χ2n) is 5.68. The van der Waals surface area contributed by atoms with E-state index in [0.29, 0.717) is 0 Å². The highest BCUT2D eigenvalue weighted by Gasteiger charge is 2.28. The number of halogens is 4. The highest BCUT2D eigenvalue weighted by atomic mass is 32.2. The number of nitrogens with one attached hydrogen (secondary N) is 2. The zero-order valence-corrected chi connectivity index (χ0v) is 14.7. The summed E-state index contributed by atoms with van der Waals surface area (Å²) in [5.74, 6) is -1.02. The summed E-state index contributed by atoms with van der Waals surface area (Å²) in [5, 5.41) is 8.91. The van der Waals surface area contributed by atoms with E-state index in [1.54, 1.807) is 6.07 Å². The van der Waals surface area contributed by atoms with E-state index in [9.17, 15) is 26.0 Å².